The van der Waals surface area contributed by atoms with Gasteiger partial charge in [0.05, 0.1) is 10.2 Å². The fraction of sp³-hybridized carbons (Fsp3) is 0.350. The number of benzene rings is 2. The SMILES string of the molecule is CCc1cccc2sc(N3CCN(c4cccc(C)c4)CC3)nc12. The largest absolute Gasteiger partial charge is 0.368 e. The Kier molecular flexibility index (Phi) is 4.15. The van der Waals surface area contributed by atoms with Gasteiger partial charge >= 0.3 is 0 Å². The standard InChI is InChI=1S/C20H23N3S/c1-3-16-7-5-9-18-19(16)21-20(24-18)23-12-10-22(11-13-23)17-8-4-6-15(2)14-17/h4-9,14H,3,10-13H2,1-2H3. The molecule has 0 amide bonds. The highest BCUT2D eigenvalue weighted by atomic mass is 32.1. The summed E-state index contributed by atoms with van der Waals surface area (Å²) in [4.78, 5) is 9.87. The Morgan fingerprint density at radius 1 is 1.00 bits per heavy atom. The van der Waals surface area contributed by atoms with E-state index in [1.807, 2.05) is 11.3 Å². The van der Waals surface area contributed by atoms with Crippen LogP contribution in [-0.2, 0) is 6.42 Å². The van der Waals surface area contributed by atoms with Crippen LogP contribution in [-0.4, -0.2) is 31.2 Å². The summed E-state index contributed by atoms with van der Waals surface area (Å²) in [6.45, 7) is 8.55. The average Bonchev–Trinajstić information content (AvgIpc) is 3.06. The lowest BCUT2D eigenvalue weighted by molar-refractivity contribution is 0.652. The van der Waals surface area contributed by atoms with Gasteiger partial charge in [-0.3, -0.25) is 0 Å². The Morgan fingerprint density at radius 3 is 2.50 bits per heavy atom. The van der Waals surface area contributed by atoms with Gasteiger partial charge in [0.15, 0.2) is 5.13 Å². The van der Waals surface area contributed by atoms with E-state index in [0.717, 1.165) is 32.6 Å². The quantitative estimate of drug-likeness (QED) is 0.702. The number of anilines is 2. The lowest BCUT2D eigenvalue weighted by Gasteiger charge is -2.36. The van der Waals surface area contributed by atoms with Crippen LogP contribution in [0.15, 0.2) is 42.5 Å². The maximum atomic E-state index is 4.94. The number of para-hydroxylation sites is 1. The molecule has 3 nitrogen and oxygen atoms in total. The maximum Gasteiger partial charge on any atom is 0.186 e. The molecular formula is C20H23N3S. The third kappa shape index (κ3) is 2.86. The molecule has 0 aliphatic carbocycles. The van der Waals surface area contributed by atoms with Gasteiger partial charge in [0, 0.05) is 31.9 Å². The third-order valence-electron chi connectivity index (χ3n) is 4.79. The summed E-state index contributed by atoms with van der Waals surface area (Å²) in [6.07, 6.45) is 1.04. The summed E-state index contributed by atoms with van der Waals surface area (Å²) in [6, 6.07) is 15.3. The first-order chi connectivity index (χ1) is 11.7. The minimum absolute atomic E-state index is 1.04. The van der Waals surface area contributed by atoms with Crippen LogP contribution in [0.25, 0.3) is 10.2 Å². The molecule has 4 heteroatoms. The minimum atomic E-state index is 1.04. The van der Waals surface area contributed by atoms with E-state index in [1.165, 1.54) is 32.2 Å². The number of aryl methyl sites for hydroxylation is 2. The molecule has 3 aromatic rings. The summed E-state index contributed by atoms with van der Waals surface area (Å²) < 4.78 is 1.31. The predicted octanol–water partition coefficient (Wildman–Crippen LogP) is 4.49. The van der Waals surface area contributed by atoms with Crippen LogP contribution < -0.4 is 9.80 Å². The number of thiazole rings is 1. The number of aromatic nitrogens is 1. The highest BCUT2D eigenvalue weighted by molar-refractivity contribution is 7.22. The van der Waals surface area contributed by atoms with Crippen LogP contribution in [0.3, 0.4) is 0 Å². The number of nitrogens with zero attached hydrogens (tertiary/aromatic N) is 3. The molecule has 0 bridgehead atoms. The van der Waals surface area contributed by atoms with Gasteiger partial charge in [-0.25, -0.2) is 4.98 Å². The molecule has 124 valence electrons. The molecule has 0 unspecified atom stereocenters. The van der Waals surface area contributed by atoms with Crippen molar-refractivity contribution in [3.8, 4) is 0 Å². The third-order valence-corrected chi connectivity index (χ3v) is 5.87. The highest BCUT2D eigenvalue weighted by Gasteiger charge is 2.20. The van der Waals surface area contributed by atoms with Gasteiger partial charge in [-0.1, -0.05) is 42.5 Å². The minimum Gasteiger partial charge on any atom is -0.368 e. The summed E-state index contributed by atoms with van der Waals surface area (Å²) in [7, 11) is 0. The average molecular weight is 337 g/mol. The van der Waals surface area contributed by atoms with Crippen LogP contribution in [0.4, 0.5) is 10.8 Å². The number of piperazine rings is 1. The van der Waals surface area contributed by atoms with Gasteiger partial charge in [-0.2, -0.15) is 0 Å². The van der Waals surface area contributed by atoms with Crippen molar-refractivity contribution in [1.29, 1.82) is 0 Å². The molecule has 0 N–H and O–H groups in total. The smallest absolute Gasteiger partial charge is 0.186 e. The molecule has 1 aliphatic heterocycles. The first-order valence-corrected chi connectivity index (χ1v) is 9.51. The van der Waals surface area contributed by atoms with Crippen LogP contribution in [0.1, 0.15) is 18.1 Å². The zero-order valence-corrected chi connectivity index (χ0v) is 15.1. The van der Waals surface area contributed by atoms with Crippen LogP contribution in [0, 0.1) is 6.92 Å². The summed E-state index contributed by atoms with van der Waals surface area (Å²) in [5, 5.41) is 1.18. The summed E-state index contributed by atoms with van der Waals surface area (Å²) >= 11 is 1.83. The molecule has 2 aromatic carbocycles. The fourth-order valence-corrected chi connectivity index (χ4v) is 4.46. The number of hydrogen-bond acceptors (Lipinski definition) is 4. The molecule has 1 fully saturated rings. The molecule has 1 aliphatic rings. The second-order valence-electron chi connectivity index (χ2n) is 6.43. The van der Waals surface area contributed by atoms with Crippen molar-refractivity contribution in [3.63, 3.8) is 0 Å². The number of hydrogen-bond donors (Lipinski definition) is 0. The van der Waals surface area contributed by atoms with E-state index < -0.39 is 0 Å². The van der Waals surface area contributed by atoms with Crippen molar-refractivity contribution in [2.24, 2.45) is 0 Å². The zero-order valence-electron chi connectivity index (χ0n) is 14.3. The highest BCUT2D eigenvalue weighted by Crippen LogP contribution is 2.32. The first kappa shape index (κ1) is 15.5. The molecule has 0 radical (unpaired) electrons. The van der Waals surface area contributed by atoms with E-state index in [2.05, 4.69) is 66.1 Å². The van der Waals surface area contributed by atoms with Gasteiger partial charge in [0.1, 0.15) is 0 Å². The molecule has 1 aromatic heterocycles. The number of rotatable bonds is 3. The van der Waals surface area contributed by atoms with Crippen LogP contribution in [0.2, 0.25) is 0 Å². The first-order valence-electron chi connectivity index (χ1n) is 8.69. The molecule has 0 spiro atoms. The lowest BCUT2D eigenvalue weighted by Crippen LogP contribution is -2.46. The van der Waals surface area contributed by atoms with E-state index in [9.17, 15) is 0 Å². The van der Waals surface area contributed by atoms with Crippen molar-refractivity contribution in [2.45, 2.75) is 20.3 Å². The van der Waals surface area contributed by atoms with E-state index >= 15 is 0 Å². The van der Waals surface area contributed by atoms with E-state index in [4.69, 9.17) is 4.98 Å². The van der Waals surface area contributed by atoms with Gasteiger partial charge in [-0.05, 0) is 42.7 Å². The van der Waals surface area contributed by atoms with Crippen LogP contribution in [0.5, 0.6) is 0 Å². The van der Waals surface area contributed by atoms with E-state index in [-0.39, 0.29) is 0 Å². The summed E-state index contributed by atoms with van der Waals surface area (Å²) in [5.74, 6) is 0. The van der Waals surface area contributed by atoms with Gasteiger partial charge in [-0.15, -0.1) is 0 Å². The second kappa shape index (κ2) is 6.44. The van der Waals surface area contributed by atoms with Gasteiger partial charge < -0.3 is 9.80 Å². The molecule has 0 atom stereocenters. The Balaban J connectivity index is 1.52. The van der Waals surface area contributed by atoms with Crippen molar-refractivity contribution < 1.29 is 0 Å². The van der Waals surface area contributed by atoms with Gasteiger partial charge in [0.25, 0.3) is 0 Å². The van der Waals surface area contributed by atoms with Crippen LogP contribution >= 0.6 is 11.3 Å². The Hall–Kier alpha value is -2.07. The number of fused-ring (bicyclic) bond motifs is 1. The lowest BCUT2D eigenvalue weighted by atomic mass is 10.1. The Morgan fingerprint density at radius 2 is 1.75 bits per heavy atom. The Bertz CT molecular complexity index is 847. The molecule has 1 saturated heterocycles. The molecule has 0 saturated carbocycles. The van der Waals surface area contributed by atoms with Crippen molar-refractivity contribution in [1.82, 2.24) is 4.98 Å². The molecule has 24 heavy (non-hydrogen) atoms. The molecule has 4 rings (SSSR count). The normalized spacial score (nSPS) is 15.2. The van der Waals surface area contributed by atoms with Crippen molar-refractivity contribution in [2.75, 3.05) is 36.0 Å². The van der Waals surface area contributed by atoms with Crippen molar-refractivity contribution in [3.05, 3.63) is 53.6 Å². The van der Waals surface area contributed by atoms with Gasteiger partial charge in [0.2, 0.25) is 0 Å². The molecular weight excluding hydrogens is 314 g/mol. The zero-order chi connectivity index (χ0) is 16.5. The van der Waals surface area contributed by atoms with E-state index in [0.29, 0.717) is 0 Å². The monoisotopic (exact) mass is 337 g/mol. The summed E-state index contributed by atoms with van der Waals surface area (Å²) in [5.41, 5.74) is 5.22. The van der Waals surface area contributed by atoms with Crippen molar-refractivity contribution >= 4 is 32.4 Å². The van der Waals surface area contributed by atoms with E-state index in [1.54, 1.807) is 0 Å². The maximum absolute atomic E-state index is 4.94. The predicted molar refractivity (Wildman–Crippen MR) is 105 cm³/mol. The second-order valence-corrected chi connectivity index (χ2v) is 7.44. The molecule has 2 heterocycles. The topological polar surface area (TPSA) is 19.4 Å². The fourth-order valence-electron chi connectivity index (χ4n) is 3.40. The Labute approximate surface area is 147 Å².